The summed E-state index contributed by atoms with van der Waals surface area (Å²) < 4.78 is 7.37. The fraction of sp³-hybridized carbons (Fsp3) is 0.190. The van der Waals surface area contributed by atoms with Crippen LogP contribution < -0.4 is 0 Å². The fourth-order valence-electron chi connectivity index (χ4n) is 3.12. The summed E-state index contributed by atoms with van der Waals surface area (Å²) in [5.41, 5.74) is 4.41. The Morgan fingerprint density at radius 1 is 1.29 bits per heavy atom. The molecule has 1 aromatic carbocycles. The van der Waals surface area contributed by atoms with E-state index in [1.165, 1.54) is 18.9 Å². The maximum absolute atomic E-state index is 12.6. The summed E-state index contributed by atoms with van der Waals surface area (Å²) in [6, 6.07) is 9.25. The lowest BCUT2D eigenvalue weighted by Gasteiger charge is -2.11. The summed E-state index contributed by atoms with van der Waals surface area (Å²) in [6.07, 6.45) is 3.54. The van der Waals surface area contributed by atoms with Gasteiger partial charge in [-0.25, -0.2) is 4.79 Å². The maximum Gasteiger partial charge on any atom is 0.337 e. The molecule has 0 unspecified atom stereocenters. The number of rotatable bonds is 5. The first-order chi connectivity index (χ1) is 13.4. The monoisotopic (exact) mass is 412 g/mol. The Kier molecular flexibility index (Phi) is 5.86. The van der Waals surface area contributed by atoms with Crippen molar-refractivity contribution >= 4 is 46.3 Å². The lowest BCUT2D eigenvalue weighted by molar-refractivity contribution is -0.121. The average Bonchev–Trinajstić information content (AvgIpc) is 3.11. The van der Waals surface area contributed by atoms with Gasteiger partial charge in [0.05, 0.1) is 17.6 Å². The molecular weight excluding hydrogens is 392 g/mol. The van der Waals surface area contributed by atoms with E-state index < -0.39 is 0 Å². The molecule has 0 atom stereocenters. The third kappa shape index (κ3) is 3.68. The number of ether oxygens (including phenoxy) is 1. The summed E-state index contributed by atoms with van der Waals surface area (Å²) in [7, 11) is 1.36. The van der Waals surface area contributed by atoms with Gasteiger partial charge in [-0.15, -0.1) is 6.58 Å². The van der Waals surface area contributed by atoms with E-state index in [1.807, 2.05) is 38.1 Å². The van der Waals surface area contributed by atoms with Crippen molar-refractivity contribution in [2.24, 2.45) is 0 Å². The van der Waals surface area contributed by atoms with Gasteiger partial charge in [0.25, 0.3) is 5.91 Å². The van der Waals surface area contributed by atoms with Crippen molar-refractivity contribution in [1.29, 1.82) is 0 Å². The van der Waals surface area contributed by atoms with Crippen molar-refractivity contribution in [1.82, 2.24) is 9.47 Å². The average molecular weight is 413 g/mol. The first-order valence-electron chi connectivity index (χ1n) is 8.61. The molecule has 1 aliphatic rings. The quantitative estimate of drug-likeness (QED) is 0.318. The lowest BCUT2D eigenvalue weighted by atomic mass is 10.2. The van der Waals surface area contributed by atoms with Gasteiger partial charge in [0, 0.05) is 23.6 Å². The molecule has 1 aromatic heterocycles. The van der Waals surface area contributed by atoms with E-state index in [1.54, 1.807) is 23.1 Å². The Balaban J connectivity index is 1.95. The fourth-order valence-corrected chi connectivity index (χ4v) is 4.39. The Bertz CT molecular complexity index is 1000. The minimum atomic E-state index is -0.366. The molecule has 144 valence electrons. The minimum absolute atomic E-state index is 0.0952. The number of carbonyl (C=O) groups is 2. The Morgan fingerprint density at radius 2 is 1.96 bits per heavy atom. The molecule has 1 aliphatic heterocycles. The second-order valence-electron chi connectivity index (χ2n) is 6.28. The number of nitrogens with zero attached hydrogens (tertiary/aromatic N) is 2. The molecule has 0 spiro atoms. The molecule has 7 heteroatoms. The van der Waals surface area contributed by atoms with Crippen LogP contribution in [0.2, 0.25) is 0 Å². The van der Waals surface area contributed by atoms with E-state index in [0.717, 1.165) is 22.6 Å². The van der Waals surface area contributed by atoms with E-state index in [9.17, 15) is 9.59 Å². The standard InChI is InChI=1S/C21H20N2O3S2/c1-5-10-22-19(24)18(28-21(22)27)12-16-11-13(2)23(14(16)3)17-8-6-15(7-9-17)20(25)26-4/h5-9,11-12H,1,10H2,2-4H3. The van der Waals surface area contributed by atoms with Gasteiger partial charge in [0.1, 0.15) is 4.32 Å². The molecule has 2 heterocycles. The number of esters is 1. The van der Waals surface area contributed by atoms with Gasteiger partial charge in [0.2, 0.25) is 0 Å². The molecule has 1 saturated heterocycles. The molecule has 2 aromatic rings. The van der Waals surface area contributed by atoms with Crippen molar-refractivity contribution in [3.05, 3.63) is 70.4 Å². The highest BCUT2D eigenvalue weighted by molar-refractivity contribution is 8.26. The number of aromatic nitrogens is 1. The summed E-state index contributed by atoms with van der Waals surface area (Å²) in [5, 5.41) is 0. The number of hydrogen-bond acceptors (Lipinski definition) is 5. The van der Waals surface area contributed by atoms with Crippen LogP contribution >= 0.6 is 24.0 Å². The zero-order valence-corrected chi connectivity index (χ0v) is 17.5. The highest BCUT2D eigenvalue weighted by Gasteiger charge is 2.31. The molecule has 3 rings (SSSR count). The first kappa shape index (κ1) is 20.1. The summed E-state index contributed by atoms with van der Waals surface area (Å²) in [6.45, 7) is 8.08. The summed E-state index contributed by atoms with van der Waals surface area (Å²) in [5.74, 6) is -0.461. The second kappa shape index (κ2) is 8.16. The van der Waals surface area contributed by atoms with E-state index >= 15 is 0 Å². The molecule has 1 amide bonds. The van der Waals surface area contributed by atoms with Crippen molar-refractivity contribution in [2.45, 2.75) is 13.8 Å². The Labute approximate surface area is 173 Å². The van der Waals surface area contributed by atoms with Crippen LogP contribution in [0.1, 0.15) is 27.3 Å². The molecule has 28 heavy (non-hydrogen) atoms. The molecule has 5 nitrogen and oxygen atoms in total. The normalized spacial score (nSPS) is 15.4. The maximum atomic E-state index is 12.6. The van der Waals surface area contributed by atoms with E-state index in [-0.39, 0.29) is 11.9 Å². The van der Waals surface area contributed by atoms with Gasteiger partial charge in [-0.1, -0.05) is 30.1 Å². The van der Waals surface area contributed by atoms with Crippen molar-refractivity contribution in [3.63, 3.8) is 0 Å². The number of thiocarbonyl (C=S) groups is 1. The van der Waals surface area contributed by atoms with Crippen molar-refractivity contribution < 1.29 is 14.3 Å². The third-order valence-electron chi connectivity index (χ3n) is 4.49. The van der Waals surface area contributed by atoms with Gasteiger partial charge in [0.15, 0.2) is 0 Å². The van der Waals surface area contributed by atoms with Crippen molar-refractivity contribution in [2.75, 3.05) is 13.7 Å². The van der Waals surface area contributed by atoms with Crippen LogP contribution in [0.15, 0.2) is 47.9 Å². The van der Waals surface area contributed by atoms with E-state index in [0.29, 0.717) is 21.3 Å². The molecule has 0 N–H and O–H groups in total. The van der Waals surface area contributed by atoms with Crippen LogP contribution in [0.25, 0.3) is 11.8 Å². The number of methoxy groups -OCH3 is 1. The highest BCUT2D eigenvalue weighted by Crippen LogP contribution is 2.34. The van der Waals surface area contributed by atoms with Gasteiger partial charge in [-0.05, 0) is 55.8 Å². The number of hydrogen-bond donors (Lipinski definition) is 0. The second-order valence-corrected chi connectivity index (χ2v) is 7.96. The number of carbonyl (C=O) groups excluding carboxylic acids is 2. The minimum Gasteiger partial charge on any atom is -0.465 e. The van der Waals surface area contributed by atoms with Crippen LogP contribution in [0.4, 0.5) is 0 Å². The topological polar surface area (TPSA) is 51.5 Å². The van der Waals surface area contributed by atoms with E-state index in [4.69, 9.17) is 17.0 Å². The summed E-state index contributed by atoms with van der Waals surface area (Å²) in [4.78, 5) is 26.3. The van der Waals surface area contributed by atoms with Gasteiger partial charge in [-0.3, -0.25) is 9.69 Å². The smallest absolute Gasteiger partial charge is 0.337 e. The zero-order chi connectivity index (χ0) is 20.4. The number of amides is 1. The van der Waals surface area contributed by atoms with Gasteiger partial charge < -0.3 is 9.30 Å². The molecular formula is C21H20N2O3S2. The molecule has 0 aliphatic carbocycles. The Hall–Kier alpha value is -2.64. The Morgan fingerprint density at radius 3 is 2.57 bits per heavy atom. The molecule has 1 fully saturated rings. The third-order valence-corrected chi connectivity index (χ3v) is 5.87. The van der Waals surface area contributed by atoms with Gasteiger partial charge in [-0.2, -0.15) is 0 Å². The van der Waals surface area contributed by atoms with E-state index in [2.05, 4.69) is 11.1 Å². The predicted molar refractivity (Wildman–Crippen MR) is 117 cm³/mol. The zero-order valence-electron chi connectivity index (χ0n) is 15.9. The van der Waals surface area contributed by atoms with Crippen LogP contribution in [-0.2, 0) is 9.53 Å². The SMILES string of the molecule is C=CCN1C(=O)C(=Cc2cc(C)n(-c3ccc(C(=O)OC)cc3)c2C)SC1=S. The molecule has 0 bridgehead atoms. The highest BCUT2D eigenvalue weighted by atomic mass is 32.2. The predicted octanol–water partition coefficient (Wildman–Crippen LogP) is 4.27. The number of benzene rings is 1. The van der Waals surface area contributed by atoms with Crippen LogP contribution in [0.3, 0.4) is 0 Å². The van der Waals surface area contributed by atoms with Crippen LogP contribution in [-0.4, -0.2) is 39.3 Å². The lowest BCUT2D eigenvalue weighted by Crippen LogP contribution is -2.27. The molecule has 0 saturated carbocycles. The van der Waals surface area contributed by atoms with Crippen LogP contribution in [0.5, 0.6) is 0 Å². The number of thioether (sulfide) groups is 1. The first-order valence-corrected chi connectivity index (χ1v) is 9.83. The van der Waals surface area contributed by atoms with Crippen molar-refractivity contribution in [3.8, 4) is 5.69 Å². The number of aryl methyl sites for hydroxylation is 1. The molecule has 0 radical (unpaired) electrons. The largest absolute Gasteiger partial charge is 0.465 e. The van der Waals surface area contributed by atoms with Crippen LogP contribution in [0, 0.1) is 13.8 Å². The summed E-state index contributed by atoms with van der Waals surface area (Å²) >= 11 is 6.60. The van der Waals surface area contributed by atoms with Gasteiger partial charge >= 0.3 is 5.97 Å².